The molecule has 4 aliphatic carbocycles. The molecule has 2 nitrogen and oxygen atoms in total. The monoisotopic (exact) mass is 302 g/mol. The van der Waals surface area contributed by atoms with Crippen LogP contribution in [0.2, 0.25) is 0 Å². The third-order valence-corrected chi connectivity index (χ3v) is 8.62. The molecule has 2 heteroatoms. The molecule has 0 aromatic heterocycles. The Hall–Kier alpha value is -0.630. The summed E-state index contributed by atoms with van der Waals surface area (Å²) >= 11 is 0. The Morgan fingerprint density at radius 1 is 1.32 bits per heavy atom. The fourth-order valence-corrected chi connectivity index (χ4v) is 7.40. The molecule has 0 aliphatic heterocycles. The molecule has 8 atom stereocenters. The van der Waals surface area contributed by atoms with Crippen molar-refractivity contribution in [1.82, 2.24) is 0 Å². The number of hydrogen-bond donors (Lipinski definition) is 1. The topological polar surface area (TPSA) is 37.3 Å². The van der Waals surface area contributed by atoms with Crippen molar-refractivity contribution in [1.29, 1.82) is 0 Å². The van der Waals surface area contributed by atoms with E-state index in [2.05, 4.69) is 27.4 Å². The van der Waals surface area contributed by atoms with E-state index in [4.69, 9.17) is 0 Å². The second-order valence-electron chi connectivity index (χ2n) is 9.29. The van der Waals surface area contributed by atoms with Gasteiger partial charge in [0.15, 0.2) is 0 Å². The second kappa shape index (κ2) is 4.26. The molecule has 4 saturated carbocycles. The minimum absolute atomic E-state index is 0.00175. The molecule has 0 aromatic carbocycles. The van der Waals surface area contributed by atoms with Crippen molar-refractivity contribution in [2.24, 2.45) is 39.9 Å². The minimum Gasteiger partial charge on any atom is -0.392 e. The standard InChI is InChI=1S/C20H30O2/c1-5-18(4)8-6-14-12(2)10-20-11-19(16(14)20,9-7-15(20)21)13(3)17(18)22/h5,12-14,16-17,22H,1,6-11H2,2-4H3/t12?,13-,14?,16-,17-,18+,19+,20?/m0/s1. The van der Waals surface area contributed by atoms with Crippen LogP contribution in [0.15, 0.2) is 12.7 Å². The molecule has 2 spiro atoms. The Kier molecular flexibility index (Phi) is 2.89. The fraction of sp³-hybridized carbons (Fsp3) is 0.850. The summed E-state index contributed by atoms with van der Waals surface area (Å²) in [7, 11) is 0. The van der Waals surface area contributed by atoms with E-state index in [1.54, 1.807) is 0 Å². The van der Waals surface area contributed by atoms with Crippen molar-refractivity contribution < 1.29 is 9.90 Å². The average molecular weight is 302 g/mol. The maximum Gasteiger partial charge on any atom is 0.139 e. The first-order valence-electron chi connectivity index (χ1n) is 9.16. The van der Waals surface area contributed by atoms with Gasteiger partial charge in [0, 0.05) is 17.3 Å². The van der Waals surface area contributed by atoms with Crippen LogP contribution in [-0.4, -0.2) is 17.0 Å². The molecule has 0 heterocycles. The van der Waals surface area contributed by atoms with Crippen LogP contribution in [0, 0.1) is 39.9 Å². The molecule has 4 aliphatic rings. The first-order valence-corrected chi connectivity index (χ1v) is 9.16. The molecule has 0 amide bonds. The Morgan fingerprint density at radius 2 is 2.05 bits per heavy atom. The van der Waals surface area contributed by atoms with Gasteiger partial charge in [-0.1, -0.05) is 26.8 Å². The van der Waals surface area contributed by atoms with Crippen LogP contribution in [0.1, 0.15) is 59.3 Å². The molecule has 4 fully saturated rings. The summed E-state index contributed by atoms with van der Waals surface area (Å²) in [6.45, 7) is 10.8. The largest absolute Gasteiger partial charge is 0.392 e. The minimum atomic E-state index is -0.326. The smallest absolute Gasteiger partial charge is 0.139 e. The van der Waals surface area contributed by atoms with Crippen LogP contribution in [0.25, 0.3) is 0 Å². The lowest BCUT2D eigenvalue weighted by Crippen LogP contribution is -2.68. The lowest BCUT2D eigenvalue weighted by atomic mass is 9.34. The summed E-state index contributed by atoms with van der Waals surface area (Å²) in [4.78, 5) is 12.7. The maximum absolute atomic E-state index is 12.7. The number of Topliss-reactive ketones (excluding diaryl/α,β-unsaturated/α-hetero) is 1. The van der Waals surface area contributed by atoms with Crippen LogP contribution >= 0.6 is 0 Å². The number of carbonyl (C=O) groups excluding carboxylic acids is 1. The van der Waals surface area contributed by atoms with Gasteiger partial charge in [0.05, 0.1) is 6.10 Å². The summed E-state index contributed by atoms with van der Waals surface area (Å²) in [6, 6.07) is 0. The maximum atomic E-state index is 12.7. The summed E-state index contributed by atoms with van der Waals surface area (Å²) in [6.07, 6.45) is 7.73. The molecule has 3 unspecified atom stereocenters. The third kappa shape index (κ3) is 1.44. The molecular formula is C20H30O2. The quantitative estimate of drug-likeness (QED) is 0.744. The normalized spacial score (nSPS) is 60.0. The molecular weight excluding hydrogens is 272 g/mol. The van der Waals surface area contributed by atoms with Crippen molar-refractivity contribution in [2.45, 2.75) is 65.4 Å². The van der Waals surface area contributed by atoms with E-state index < -0.39 is 0 Å². The fourth-order valence-electron chi connectivity index (χ4n) is 7.40. The first kappa shape index (κ1) is 14.9. The number of rotatable bonds is 1. The van der Waals surface area contributed by atoms with E-state index in [-0.39, 0.29) is 28.3 Å². The van der Waals surface area contributed by atoms with Crippen LogP contribution in [-0.2, 0) is 4.79 Å². The summed E-state index contributed by atoms with van der Waals surface area (Å²) < 4.78 is 0. The summed E-state index contributed by atoms with van der Waals surface area (Å²) in [5, 5.41) is 11.1. The van der Waals surface area contributed by atoms with Crippen LogP contribution in [0.5, 0.6) is 0 Å². The van der Waals surface area contributed by atoms with Gasteiger partial charge < -0.3 is 5.11 Å². The summed E-state index contributed by atoms with van der Waals surface area (Å²) in [5.41, 5.74) is 0.0346. The highest BCUT2D eigenvalue weighted by Gasteiger charge is 2.76. The number of ketones is 1. The highest BCUT2D eigenvalue weighted by molar-refractivity contribution is 5.89. The first-order chi connectivity index (χ1) is 10.3. The van der Waals surface area contributed by atoms with Crippen LogP contribution < -0.4 is 0 Å². The molecule has 4 rings (SSSR count). The van der Waals surface area contributed by atoms with Crippen LogP contribution in [0.4, 0.5) is 0 Å². The molecule has 122 valence electrons. The zero-order chi connectivity index (χ0) is 15.9. The lowest BCUT2D eigenvalue weighted by molar-refractivity contribution is -0.222. The molecule has 0 aromatic rings. The van der Waals surface area contributed by atoms with Crippen molar-refractivity contribution >= 4 is 5.78 Å². The van der Waals surface area contributed by atoms with E-state index >= 15 is 0 Å². The van der Waals surface area contributed by atoms with Gasteiger partial charge in [0.1, 0.15) is 5.78 Å². The lowest BCUT2D eigenvalue weighted by Gasteiger charge is -2.69. The number of hydrogen-bond acceptors (Lipinski definition) is 2. The van der Waals surface area contributed by atoms with E-state index in [1.807, 2.05) is 6.08 Å². The number of carbonyl (C=O) groups is 1. The molecule has 0 radical (unpaired) electrons. The highest BCUT2D eigenvalue weighted by atomic mass is 16.3. The average Bonchev–Trinajstić information content (AvgIpc) is 2.72. The van der Waals surface area contributed by atoms with Crippen molar-refractivity contribution in [3.63, 3.8) is 0 Å². The van der Waals surface area contributed by atoms with Gasteiger partial charge in [0.2, 0.25) is 0 Å². The third-order valence-electron chi connectivity index (χ3n) is 8.62. The molecule has 2 bridgehead atoms. The van der Waals surface area contributed by atoms with E-state index in [9.17, 15) is 9.90 Å². The predicted octanol–water partition coefficient (Wildman–Crippen LogP) is 3.98. The molecule has 22 heavy (non-hydrogen) atoms. The molecule has 0 saturated heterocycles. The van der Waals surface area contributed by atoms with Gasteiger partial charge >= 0.3 is 0 Å². The van der Waals surface area contributed by atoms with E-state index in [0.29, 0.717) is 23.5 Å². The number of aliphatic hydroxyl groups excluding tert-OH is 1. The Labute approximate surface area is 134 Å². The van der Waals surface area contributed by atoms with Gasteiger partial charge in [-0.05, 0) is 61.2 Å². The van der Waals surface area contributed by atoms with Gasteiger partial charge in [-0.3, -0.25) is 4.79 Å². The number of aliphatic hydroxyl groups is 1. The van der Waals surface area contributed by atoms with Gasteiger partial charge in [-0.2, -0.15) is 0 Å². The Morgan fingerprint density at radius 3 is 2.73 bits per heavy atom. The van der Waals surface area contributed by atoms with Crippen molar-refractivity contribution in [3.8, 4) is 0 Å². The summed E-state index contributed by atoms with van der Waals surface area (Å²) in [5.74, 6) is 2.70. The van der Waals surface area contributed by atoms with Crippen molar-refractivity contribution in [2.75, 3.05) is 0 Å². The highest BCUT2D eigenvalue weighted by Crippen LogP contribution is 2.79. The zero-order valence-electron chi connectivity index (χ0n) is 14.3. The SMILES string of the molecule is C=C[C@]1(C)CCC2C(C)CC34C[C@@](CCC3=O)([C@H]24)[C@@H](C)[C@@H]1O. The Balaban J connectivity index is 1.81. The second-order valence-corrected chi connectivity index (χ2v) is 9.29. The van der Waals surface area contributed by atoms with Gasteiger partial charge in [0.25, 0.3) is 0 Å². The predicted molar refractivity (Wildman–Crippen MR) is 87.2 cm³/mol. The van der Waals surface area contributed by atoms with Crippen LogP contribution in [0.3, 0.4) is 0 Å². The van der Waals surface area contributed by atoms with E-state index in [1.165, 1.54) is 0 Å². The molecule has 1 N–H and O–H groups in total. The Bertz CT molecular complexity index is 540. The zero-order valence-corrected chi connectivity index (χ0v) is 14.3. The van der Waals surface area contributed by atoms with Crippen molar-refractivity contribution in [3.05, 3.63) is 12.7 Å². The van der Waals surface area contributed by atoms with Gasteiger partial charge in [-0.15, -0.1) is 6.58 Å². The van der Waals surface area contributed by atoms with E-state index in [0.717, 1.165) is 38.5 Å². The van der Waals surface area contributed by atoms with Gasteiger partial charge in [-0.25, -0.2) is 0 Å².